The highest BCUT2D eigenvalue weighted by Crippen LogP contribution is 2.60. The van der Waals surface area contributed by atoms with Gasteiger partial charge in [0.05, 0.1) is 6.10 Å². The van der Waals surface area contributed by atoms with E-state index in [2.05, 4.69) is 17.1 Å². The maximum Gasteiger partial charge on any atom is 0.120 e. The van der Waals surface area contributed by atoms with E-state index in [4.69, 9.17) is 4.74 Å². The SMILES string of the molecule is CO[C@H]1CC2CC1C1C3=C(NC21)C1(O)C[C@H]2CN(CC3)C1C[C@@H]2C(C)CO. The molecule has 7 rings (SSSR count). The van der Waals surface area contributed by atoms with Crippen LogP contribution in [0.3, 0.4) is 0 Å². The first-order chi connectivity index (χ1) is 13.0. The Morgan fingerprint density at radius 3 is 2.89 bits per heavy atom. The number of methoxy groups -OCH3 is 1. The van der Waals surface area contributed by atoms with E-state index < -0.39 is 5.60 Å². The molecule has 5 fully saturated rings. The topological polar surface area (TPSA) is 65.0 Å². The van der Waals surface area contributed by atoms with E-state index in [0.29, 0.717) is 47.7 Å². The molecule has 4 heterocycles. The molecule has 3 saturated carbocycles. The number of fused-ring (bicyclic) bond motifs is 7. The second kappa shape index (κ2) is 5.71. The van der Waals surface area contributed by atoms with Crippen LogP contribution in [0.4, 0.5) is 0 Å². The molecule has 0 aromatic rings. The molecular weight excluding hydrogens is 340 g/mol. The van der Waals surface area contributed by atoms with Crippen molar-refractivity contribution in [2.24, 2.45) is 35.5 Å². The maximum absolute atomic E-state index is 12.0. The Morgan fingerprint density at radius 1 is 1.30 bits per heavy atom. The minimum atomic E-state index is -0.702. The molecule has 5 heteroatoms. The van der Waals surface area contributed by atoms with Gasteiger partial charge in [-0.05, 0) is 67.3 Å². The molecule has 150 valence electrons. The zero-order valence-electron chi connectivity index (χ0n) is 16.6. The lowest BCUT2D eigenvalue weighted by Gasteiger charge is -2.58. The number of nitrogens with one attached hydrogen (secondary N) is 1. The van der Waals surface area contributed by atoms with E-state index in [0.717, 1.165) is 32.4 Å². The Kier molecular flexibility index (Phi) is 3.65. The van der Waals surface area contributed by atoms with Crippen LogP contribution in [-0.4, -0.2) is 65.7 Å². The van der Waals surface area contributed by atoms with Crippen LogP contribution < -0.4 is 5.32 Å². The molecule has 0 amide bonds. The molecule has 8 unspecified atom stereocenters. The van der Waals surface area contributed by atoms with Gasteiger partial charge in [-0.3, -0.25) is 4.90 Å². The predicted octanol–water partition coefficient (Wildman–Crippen LogP) is 1.36. The molecule has 0 spiro atoms. The van der Waals surface area contributed by atoms with Crippen molar-refractivity contribution < 1.29 is 14.9 Å². The normalized spacial score (nSPS) is 55.9. The van der Waals surface area contributed by atoms with Gasteiger partial charge in [0.25, 0.3) is 0 Å². The molecule has 5 nitrogen and oxygen atoms in total. The lowest BCUT2D eigenvalue weighted by atomic mass is 9.60. The number of rotatable bonds is 3. The Morgan fingerprint density at radius 2 is 2.15 bits per heavy atom. The van der Waals surface area contributed by atoms with Crippen LogP contribution in [0.1, 0.15) is 39.0 Å². The summed E-state index contributed by atoms with van der Waals surface area (Å²) in [6.07, 6.45) is 5.90. The Hall–Kier alpha value is -0.620. The van der Waals surface area contributed by atoms with Crippen molar-refractivity contribution in [1.82, 2.24) is 10.2 Å². The first kappa shape index (κ1) is 17.3. The van der Waals surface area contributed by atoms with Crippen LogP contribution in [0.5, 0.6) is 0 Å². The number of piperidine rings is 2. The molecular formula is C22H34N2O3. The highest BCUT2D eigenvalue weighted by atomic mass is 16.5. The number of hydrogen-bond acceptors (Lipinski definition) is 5. The minimum Gasteiger partial charge on any atom is -0.396 e. The first-order valence-corrected chi connectivity index (χ1v) is 11.1. The third-order valence-corrected chi connectivity index (χ3v) is 9.54. The average molecular weight is 375 g/mol. The van der Waals surface area contributed by atoms with Gasteiger partial charge in [-0.2, -0.15) is 0 Å². The molecule has 3 aliphatic carbocycles. The van der Waals surface area contributed by atoms with Crippen LogP contribution in [0, 0.1) is 35.5 Å². The second-order valence-electron chi connectivity index (χ2n) is 10.5. The van der Waals surface area contributed by atoms with E-state index in [-0.39, 0.29) is 12.6 Å². The highest BCUT2D eigenvalue weighted by molar-refractivity contribution is 5.40. The molecule has 7 aliphatic rings. The van der Waals surface area contributed by atoms with Crippen molar-refractivity contribution in [2.45, 2.75) is 62.8 Å². The summed E-state index contributed by atoms with van der Waals surface area (Å²) < 4.78 is 5.83. The standard InChI is InChI=1S/C22H34N2O3/c1-11(10-25)15-7-18-22(26)8-13(15)9-24(18)4-3-14-19-16-5-12(6-17(16)27-2)20(19)23-21(14)22/h11-13,15-20,23,25-26H,3-10H2,1-2H3/t11?,12?,13-,15+,16?,17-,18?,19?,20?,22?/m0/s1. The highest BCUT2D eigenvalue weighted by Gasteiger charge is 2.64. The molecule has 11 atom stereocenters. The van der Waals surface area contributed by atoms with Gasteiger partial charge in [-0.25, -0.2) is 0 Å². The number of aliphatic hydroxyl groups is 2. The maximum atomic E-state index is 12.0. The van der Waals surface area contributed by atoms with Gasteiger partial charge in [0, 0.05) is 50.5 Å². The lowest BCUT2D eigenvalue weighted by molar-refractivity contribution is -0.141. The van der Waals surface area contributed by atoms with Crippen molar-refractivity contribution in [1.29, 1.82) is 0 Å². The Bertz CT molecular complexity index is 680. The van der Waals surface area contributed by atoms with Crippen molar-refractivity contribution in [3.05, 3.63) is 11.3 Å². The van der Waals surface area contributed by atoms with E-state index in [1.165, 1.54) is 18.5 Å². The number of ether oxygens (including phenoxy) is 1. The zero-order valence-corrected chi connectivity index (χ0v) is 16.6. The summed E-state index contributed by atoms with van der Waals surface area (Å²) in [6.45, 7) is 4.64. The number of nitrogens with zero attached hydrogens (tertiary/aromatic N) is 1. The fourth-order valence-corrected chi connectivity index (χ4v) is 8.40. The fraction of sp³-hybridized carbons (Fsp3) is 0.909. The first-order valence-electron chi connectivity index (χ1n) is 11.1. The number of hydrogen-bond donors (Lipinski definition) is 3. The zero-order chi connectivity index (χ0) is 18.5. The largest absolute Gasteiger partial charge is 0.396 e. The van der Waals surface area contributed by atoms with Gasteiger partial charge in [-0.15, -0.1) is 0 Å². The van der Waals surface area contributed by atoms with Crippen molar-refractivity contribution in [2.75, 3.05) is 26.8 Å². The van der Waals surface area contributed by atoms with Gasteiger partial charge in [-0.1, -0.05) is 6.92 Å². The monoisotopic (exact) mass is 374 g/mol. The molecule has 0 aromatic heterocycles. The second-order valence-corrected chi connectivity index (χ2v) is 10.5. The minimum absolute atomic E-state index is 0.219. The molecule has 3 N–H and O–H groups in total. The third-order valence-electron chi connectivity index (χ3n) is 9.54. The summed E-state index contributed by atoms with van der Waals surface area (Å²) in [5, 5.41) is 25.6. The molecule has 2 saturated heterocycles. The summed E-state index contributed by atoms with van der Waals surface area (Å²) in [5.74, 6) is 3.32. The summed E-state index contributed by atoms with van der Waals surface area (Å²) in [7, 11) is 1.87. The van der Waals surface area contributed by atoms with Crippen molar-refractivity contribution in [3.8, 4) is 0 Å². The summed E-state index contributed by atoms with van der Waals surface area (Å²) in [5.41, 5.74) is 2.06. The van der Waals surface area contributed by atoms with Gasteiger partial charge >= 0.3 is 0 Å². The Balaban J connectivity index is 1.36. The van der Waals surface area contributed by atoms with Crippen LogP contribution in [-0.2, 0) is 4.74 Å². The van der Waals surface area contributed by atoms with Gasteiger partial charge in [0.1, 0.15) is 5.60 Å². The Labute approximate surface area is 162 Å². The van der Waals surface area contributed by atoms with Crippen LogP contribution in [0.25, 0.3) is 0 Å². The van der Waals surface area contributed by atoms with Crippen molar-refractivity contribution >= 4 is 0 Å². The van der Waals surface area contributed by atoms with Gasteiger partial charge < -0.3 is 20.3 Å². The van der Waals surface area contributed by atoms with Crippen LogP contribution in [0.2, 0.25) is 0 Å². The lowest BCUT2D eigenvalue weighted by Crippen LogP contribution is -2.67. The summed E-state index contributed by atoms with van der Waals surface area (Å²) >= 11 is 0. The molecule has 4 aliphatic heterocycles. The van der Waals surface area contributed by atoms with E-state index in [9.17, 15) is 10.2 Å². The van der Waals surface area contributed by atoms with Gasteiger partial charge in [0.2, 0.25) is 0 Å². The van der Waals surface area contributed by atoms with E-state index in [1.807, 2.05) is 7.11 Å². The van der Waals surface area contributed by atoms with Crippen molar-refractivity contribution in [3.63, 3.8) is 0 Å². The quantitative estimate of drug-likeness (QED) is 0.696. The summed E-state index contributed by atoms with van der Waals surface area (Å²) in [4.78, 5) is 2.57. The average Bonchev–Trinajstić information content (AvgIpc) is 3.34. The van der Waals surface area contributed by atoms with Crippen LogP contribution in [0.15, 0.2) is 11.3 Å². The molecule has 27 heavy (non-hydrogen) atoms. The smallest absolute Gasteiger partial charge is 0.120 e. The van der Waals surface area contributed by atoms with Crippen LogP contribution >= 0.6 is 0 Å². The van der Waals surface area contributed by atoms with E-state index >= 15 is 0 Å². The van der Waals surface area contributed by atoms with Gasteiger partial charge in [0.15, 0.2) is 0 Å². The molecule has 0 radical (unpaired) electrons. The third kappa shape index (κ3) is 2.09. The van der Waals surface area contributed by atoms with E-state index in [1.54, 1.807) is 5.57 Å². The molecule has 0 aromatic carbocycles. The number of aliphatic hydroxyl groups excluding tert-OH is 1. The predicted molar refractivity (Wildman–Crippen MR) is 102 cm³/mol. The fourth-order valence-electron chi connectivity index (χ4n) is 8.40. The molecule has 6 bridgehead atoms. The summed E-state index contributed by atoms with van der Waals surface area (Å²) in [6, 6.07) is 0.755.